The molecule has 0 amide bonds. The first-order valence-electron chi connectivity index (χ1n) is 10.2. The summed E-state index contributed by atoms with van der Waals surface area (Å²) in [5.41, 5.74) is 0.216. The number of methoxy groups -OCH3 is 2. The summed E-state index contributed by atoms with van der Waals surface area (Å²) >= 11 is 0. The molecular weight excluding hydrogens is 434 g/mol. The lowest BCUT2D eigenvalue weighted by Gasteiger charge is -2.62. The largest absolute Gasteiger partial charge is 0.497 e. The van der Waals surface area contributed by atoms with Gasteiger partial charge >= 0.3 is 21.3 Å². The fourth-order valence-corrected chi connectivity index (χ4v) is 6.84. The van der Waals surface area contributed by atoms with Gasteiger partial charge in [-0.25, -0.2) is 4.79 Å². The number of halogens is 2. The number of carbonyl (C=O) groups is 1. The topological polar surface area (TPSA) is 99.1 Å². The van der Waals surface area contributed by atoms with Gasteiger partial charge in [0, 0.05) is 16.4 Å². The first kappa shape index (κ1) is 22.3. The Bertz CT molecular complexity index is 977. The Balaban J connectivity index is 1.63. The quantitative estimate of drug-likeness (QED) is 0.491. The zero-order chi connectivity index (χ0) is 22.7. The molecule has 2 atom stereocenters. The van der Waals surface area contributed by atoms with Crippen LogP contribution in [0.3, 0.4) is 0 Å². The van der Waals surface area contributed by atoms with E-state index in [4.69, 9.17) is 18.8 Å². The molecule has 4 bridgehead atoms. The average molecular weight is 460 g/mol. The Labute approximate surface area is 179 Å². The van der Waals surface area contributed by atoms with Crippen molar-refractivity contribution >= 4 is 16.1 Å². The summed E-state index contributed by atoms with van der Waals surface area (Å²) in [5.74, 6) is -0.123. The molecule has 4 fully saturated rings. The summed E-state index contributed by atoms with van der Waals surface area (Å²) in [6.45, 7) is -0.308. The van der Waals surface area contributed by atoms with Crippen LogP contribution in [0.15, 0.2) is 18.2 Å². The number of alkyl halides is 2. The van der Waals surface area contributed by atoms with Crippen LogP contribution in [0.5, 0.6) is 11.5 Å². The van der Waals surface area contributed by atoms with E-state index in [0.717, 1.165) is 43.4 Å². The van der Waals surface area contributed by atoms with E-state index in [9.17, 15) is 22.0 Å². The lowest BCUT2D eigenvalue weighted by Crippen LogP contribution is -2.56. The van der Waals surface area contributed by atoms with Crippen molar-refractivity contribution in [3.05, 3.63) is 23.8 Å². The van der Waals surface area contributed by atoms with Crippen LogP contribution in [0.2, 0.25) is 0 Å². The van der Waals surface area contributed by atoms with Gasteiger partial charge in [-0.1, -0.05) is 0 Å². The Kier molecular flexibility index (Phi) is 5.24. The molecule has 4 aliphatic rings. The Morgan fingerprint density at radius 3 is 2.35 bits per heavy atom. The molecule has 0 saturated heterocycles. The molecule has 0 radical (unpaired) electrons. The molecule has 2 unspecified atom stereocenters. The second-order valence-electron chi connectivity index (χ2n) is 9.38. The normalized spacial score (nSPS) is 32.0. The summed E-state index contributed by atoms with van der Waals surface area (Å²) in [5, 5.41) is -4.98. The maximum absolute atomic E-state index is 13.7. The lowest BCUT2D eigenvalue weighted by atomic mass is 9.43. The van der Waals surface area contributed by atoms with Crippen LogP contribution < -0.4 is 9.47 Å². The maximum Gasteiger partial charge on any atom is 0.465 e. The zero-order valence-electron chi connectivity index (χ0n) is 17.4. The van der Waals surface area contributed by atoms with Crippen molar-refractivity contribution in [3.8, 4) is 11.5 Å². The van der Waals surface area contributed by atoms with Crippen LogP contribution in [0.1, 0.15) is 44.1 Å². The Morgan fingerprint density at radius 2 is 1.81 bits per heavy atom. The van der Waals surface area contributed by atoms with E-state index in [1.165, 1.54) is 0 Å². The van der Waals surface area contributed by atoms with Crippen LogP contribution in [0, 0.1) is 17.3 Å². The minimum atomic E-state index is -5.89. The van der Waals surface area contributed by atoms with Gasteiger partial charge in [0.25, 0.3) is 0 Å². The molecule has 0 heterocycles. The zero-order valence-corrected chi connectivity index (χ0v) is 18.2. The van der Waals surface area contributed by atoms with E-state index in [1.807, 2.05) is 18.2 Å². The van der Waals surface area contributed by atoms with Gasteiger partial charge in [0.2, 0.25) is 0 Å². The van der Waals surface area contributed by atoms with Gasteiger partial charge in [0.05, 0.1) is 20.8 Å². The van der Waals surface area contributed by atoms with E-state index < -0.39 is 26.8 Å². The predicted molar refractivity (Wildman–Crippen MR) is 106 cm³/mol. The summed E-state index contributed by atoms with van der Waals surface area (Å²) in [6.07, 6.45) is 4.94. The number of esters is 1. The van der Waals surface area contributed by atoms with E-state index in [0.29, 0.717) is 24.0 Å². The van der Waals surface area contributed by atoms with Gasteiger partial charge in [0.15, 0.2) is 0 Å². The first-order valence-corrected chi connectivity index (χ1v) is 11.6. The van der Waals surface area contributed by atoms with Crippen molar-refractivity contribution in [2.75, 3.05) is 20.8 Å². The second kappa shape index (κ2) is 7.30. The first-order chi connectivity index (χ1) is 14.4. The number of hydrogen-bond acceptors (Lipinski definition) is 6. The highest BCUT2D eigenvalue weighted by Gasteiger charge is 2.60. The summed E-state index contributed by atoms with van der Waals surface area (Å²) in [6, 6.07) is 5.63. The molecular formula is C21H26F2O7S. The molecule has 4 aliphatic carbocycles. The molecule has 5 rings (SSSR count). The SMILES string of the molecule is COc1ccc(OC)c(C23CC4CC(CC(COC(=O)C(F)(F)S(=O)(=O)O)(C4)C2)C3)c1. The van der Waals surface area contributed by atoms with Gasteiger partial charge in [0.1, 0.15) is 11.5 Å². The van der Waals surface area contributed by atoms with Crippen LogP contribution in [0.25, 0.3) is 0 Å². The smallest absolute Gasteiger partial charge is 0.465 e. The maximum atomic E-state index is 13.7. The van der Waals surface area contributed by atoms with Crippen LogP contribution in [-0.4, -0.2) is 45.0 Å². The van der Waals surface area contributed by atoms with Gasteiger partial charge in [-0.05, 0) is 68.6 Å². The molecule has 1 aromatic rings. The van der Waals surface area contributed by atoms with E-state index in [-0.39, 0.29) is 12.0 Å². The third-order valence-corrected chi connectivity index (χ3v) is 8.05. The fraction of sp³-hybridized carbons (Fsp3) is 0.667. The highest BCUT2D eigenvalue weighted by molar-refractivity contribution is 7.87. The van der Waals surface area contributed by atoms with Crippen LogP contribution in [-0.2, 0) is 25.1 Å². The number of benzene rings is 1. The van der Waals surface area contributed by atoms with E-state index in [2.05, 4.69) is 0 Å². The minimum absolute atomic E-state index is 0.262. The third-order valence-electron chi connectivity index (χ3n) is 7.23. The molecule has 0 aliphatic heterocycles. The molecule has 1 aromatic carbocycles. The van der Waals surface area contributed by atoms with E-state index in [1.54, 1.807) is 14.2 Å². The highest BCUT2D eigenvalue weighted by Crippen LogP contribution is 2.66. The standard InChI is InChI=1S/C21H26F2O7S/c1-28-15-3-4-17(29-2)16(6-15)20-9-13-5-14(10-20)8-19(7-13,11-20)12-30-18(24)21(22,23)31(25,26)27/h3-4,6,13-14H,5,7-12H2,1-2H3,(H,25,26,27). The molecule has 7 nitrogen and oxygen atoms in total. The van der Waals surface area contributed by atoms with Crippen LogP contribution in [0.4, 0.5) is 8.78 Å². The van der Waals surface area contributed by atoms with Crippen LogP contribution >= 0.6 is 0 Å². The van der Waals surface area contributed by atoms with Crippen molar-refractivity contribution in [2.24, 2.45) is 17.3 Å². The Morgan fingerprint density at radius 1 is 1.16 bits per heavy atom. The number of ether oxygens (including phenoxy) is 3. The predicted octanol–water partition coefficient (Wildman–Crippen LogP) is 3.57. The molecule has 4 saturated carbocycles. The van der Waals surface area contributed by atoms with Gasteiger partial charge in [-0.15, -0.1) is 0 Å². The average Bonchev–Trinajstić information content (AvgIpc) is 2.69. The van der Waals surface area contributed by atoms with E-state index >= 15 is 0 Å². The lowest BCUT2D eigenvalue weighted by molar-refractivity contribution is -0.173. The van der Waals surface area contributed by atoms with Crippen molar-refractivity contribution < 1.29 is 40.8 Å². The molecule has 0 spiro atoms. The summed E-state index contributed by atoms with van der Waals surface area (Å²) in [7, 11) is -2.71. The van der Waals surface area contributed by atoms with Crippen molar-refractivity contribution in [2.45, 2.75) is 49.2 Å². The van der Waals surface area contributed by atoms with Gasteiger partial charge in [-0.2, -0.15) is 17.2 Å². The van der Waals surface area contributed by atoms with Crippen molar-refractivity contribution in [1.82, 2.24) is 0 Å². The fourth-order valence-electron chi connectivity index (χ4n) is 6.57. The third kappa shape index (κ3) is 3.67. The minimum Gasteiger partial charge on any atom is -0.497 e. The Hall–Kier alpha value is -1.94. The van der Waals surface area contributed by atoms with Gasteiger partial charge in [-0.3, -0.25) is 4.55 Å². The monoisotopic (exact) mass is 460 g/mol. The number of hydrogen-bond donors (Lipinski definition) is 1. The molecule has 1 N–H and O–H groups in total. The second-order valence-corrected chi connectivity index (χ2v) is 10.8. The summed E-state index contributed by atoms with van der Waals surface area (Å²) < 4.78 is 73.6. The molecule has 10 heteroatoms. The molecule has 0 aromatic heterocycles. The highest BCUT2D eigenvalue weighted by atomic mass is 32.2. The van der Waals surface area contributed by atoms with Crippen molar-refractivity contribution in [1.29, 1.82) is 0 Å². The van der Waals surface area contributed by atoms with Gasteiger partial charge < -0.3 is 14.2 Å². The molecule has 172 valence electrons. The molecule has 31 heavy (non-hydrogen) atoms. The van der Waals surface area contributed by atoms with Crippen molar-refractivity contribution in [3.63, 3.8) is 0 Å². The summed E-state index contributed by atoms with van der Waals surface area (Å²) in [4.78, 5) is 11.8. The number of rotatable bonds is 7. The number of carbonyl (C=O) groups excluding carboxylic acids is 1.